The van der Waals surface area contributed by atoms with Gasteiger partial charge in [-0.25, -0.2) is 0 Å². The zero-order valence-corrected chi connectivity index (χ0v) is 14.1. The third kappa shape index (κ3) is 4.43. The van der Waals surface area contributed by atoms with Crippen molar-refractivity contribution in [3.8, 4) is 0 Å². The van der Waals surface area contributed by atoms with E-state index in [0.717, 1.165) is 25.2 Å². The lowest BCUT2D eigenvalue weighted by Crippen LogP contribution is -2.55. The van der Waals surface area contributed by atoms with Crippen molar-refractivity contribution in [2.75, 3.05) is 26.7 Å². The standard InChI is InChI=1S/C20H24N2O2/c1-21-12-13-22(14-17-8-4-2-5-9-17)19(15-21)20(23)24-16-18-10-6-3-7-11-18/h2-11,19H,12-16H2,1H3. The zero-order valence-electron chi connectivity index (χ0n) is 14.1. The molecule has 3 rings (SSSR count). The average Bonchev–Trinajstić information content (AvgIpc) is 2.63. The summed E-state index contributed by atoms with van der Waals surface area (Å²) in [6.45, 7) is 3.66. The Bertz CT molecular complexity index is 645. The summed E-state index contributed by atoms with van der Waals surface area (Å²) >= 11 is 0. The van der Waals surface area contributed by atoms with E-state index in [0.29, 0.717) is 13.2 Å². The Morgan fingerprint density at radius 3 is 2.29 bits per heavy atom. The van der Waals surface area contributed by atoms with Crippen LogP contribution < -0.4 is 0 Å². The molecule has 0 saturated carbocycles. The van der Waals surface area contributed by atoms with E-state index in [9.17, 15) is 4.79 Å². The molecule has 4 heteroatoms. The fourth-order valence-electron chi connectivity index (χ4n) is 3.01. The van der Waals surface area contributed by atoms with E-state index in [1.165, 1.54) is 5.56 Å². The highest BCUT2D eigenvalue weighted by atomic mass is 16.5. The summed E-state index contributed by atoms with van der Waals surface area (Å²) in [4.78, 5) is 17.0. The van der Waals surface area contributed by atoms with Crippen LogP contribution in [0.1, 0.15) is 11.1 Å². The van der Waals surface area contributed by atoms with Crippen LogP contribution in [-0.2, 0) is 22.7 Å². The maximum absolute atomic E-state index is 12.6. The quantitative estimate of drug-likeness (QED) is 0.792. The molecule has 0 aromatic heterocycles. The number of benzene rings is 2. The molecule has 4 nitrogen and oxygen atoms in total. The van der Waals surface area contributed by atoms with Gasteiger partial charge in [0.25, 0.3) is 0 Å². The second-order valence-corrected chi connectivity index (χ2v) is 6.33. The molecule has 0 N–H and O–H groups in total. The molecular formula is C20H24N2O2. The van der Waals surface area contributed by atoms with Gasteiger partial charge in [-0.05, 0) is 18.2 Å². The van der Waals surface area contributed by atoms with Gasteiger partial charge in [0.2, 0.25) is 0 Å². The Morgan fingerprint density at radius 1 is 1.00 bits per heavy atom. The number of likely N-dealkylation sites (N-methyl/N-ethyl adjacent to an activating group) is 1. The van der Waals surface area contributed by atoms with Crippen LogP contribution in [0.5, 0.6) is 0 Å². The van der Waals surface area contributed by atoms with E-state index in [2.05, 4.69) is 29.0 Å². The Balaban J connectivity index is 1.63. The van der Waals surface area contributed by atoms with Gasteiger partial charge in [-0.3, -0.25) is 9.69 Å². The number of piperazine rings is 1. The predicted molar refractivity (Wildman–Crippen MR) is 94.4 cm³/mol. The summed E-state index contributed by atoms with van der Waals surface area (Å²) in [5.74, 6) is -0.138. The van der Waals surface area contributed by atoms with Gasteiger partial charge < -0.3 is 9.64 Å². The largest absolute Gasteiger partial charge is 0.460 e. The van der Waals surface area contributed by atoms with Crippen molar-refractivity contribution < 1.29 is 9.53 Å². The summed E-state index contributed by atoms with van der Waals surface area (Å²) < 4.78 is 5.58. The molecule has 0 amide bonds. The lowest BCUT2D eigenvalue weighted by Gasteiger charge is -2.38. The minimum atomic E-state index is -0.215. The molecule has 0 radical (unpaired) electrons. The first-order valence-corrected chi connectivity index (χ1v) is 8.39. The molecule has 1 atom stereocenters. The van der Waals surface area contributed by atoms with Gasteiger partial charge >= 0.3 is 5.97 Å². The van der Waals surface area contributed by atoms with Gasteiger partial charge in [0.05, 0.1) is 0 Å². The monoisotopic (exact) mass is 324 g/mol. The molecule has 1 aliphatic rings. The van der Waals surface area contributed by atoms with Gasteiger partial charge in [0.15, 0.2) is 0 Å². The second kappa shape index (κ2) is 8.08. The van der Waals surface area contributed by atoms with Crippen molar-refractivity contribution in [2.24, 2.45) is 0 Å². The summed E-state index contributed by atoms with van der Waals surface area (Å²) in [6, 6.07) is 19.9. The summed E-state index contributed by atoms with van der Waals surface area (Å²) in [7, 11) is 2.05. The number of carbonyl (C=O) groups is 1. The molecule has 1 aliphatic heterocycles. The number of carbonyl (C=O) groups excluding carboxylic acids is 1. The molecule has 126 valence electrons. The number of hydrogen-bond donors (Lipinski definition) is 0. The van der Waals surface area contributed by atoms with Crippen LogP contribution in [0.4, 0.5) is 0 Å². The fourth-order valence-corrected chi connectivity index (χ4v) is 3.01. The number of hydrogen-bond acceptors (Lipinski definition) is 4. The van der Waals surface area contributed by atoms with Gasteiger partial charge in [-0.15, -0.1) is 0 Å². The van der Waals surface area contributed by atoms with E-state index in [-0.39, 0.29) is 12.0 Å². The molecule has 0 bridgehead atoms. The third-order valence-electron chi connectivity index (χ3n) is 4.42. The molecule has 1 heterocycles. The highest BCUT2D eigenvalue weighted by Crippen LogP contribution is 2.15. The van der Waals surface area contributed by atoms with Gasteiger partial charge in [0, 0.05) is 26.2 Å². The van der Waals surface area contributed by atoms with E-state index in [1.807, 2.05) is 48.5 Å². The molecule has 0 aliphatic carbocycles. The first-order valence-electron chi connectivity index (χ1n) is 8.39. The maximum atomic E-state index is 12.6. The summed E-state index contributed by atoms with van der Waals surface area (Å²) in [5, 5.41) is 0. The lowest BCUT2D eigenvalue weighted by molar-refractivity contribution is -0.154. The number of esters is 1. The Labute approximate surface area is 143 Å². The number of rotatable bonds is 5. The van der Waals surface area contributed by atoms with Crippen molar-refractivity contribution in [1.29, 1.82) is 0 Å². The van der Waals surface area contributed by atoms with Gasteiger partial charge in [-0.2, -0.15) is 0 Å². The normalized spacial score (nSPS) is 19.1. The van der Waals surface area contributed by atoms with Crippen molar-refractivity contribution >= 4 is 5.97 Å². The van der Waals surface area contributed by atoms with Crippen molar-refractivity contribution in [3.05, 3.63) is 71.8 Å². The van der Waals surface area contributed by atoms with Crippen LogP contribution in [0.15, 0.2) is 60.7 Å². The molecule has 2 aromatic rings. The first-order chi connectivity index (χ1) is 11.7. The van der Waals surface area contributed by atoms with Crippen LogP contribution in [-0.4, -0.2) is 48.5 Å². The first kappa shape index (κ1) is 16.7. The third-order valence-corrected chi connectivity index (χ3v) is 4.42. The molecular weight excluding hydrogens is 300 g/mol. The average molecular weight is 324 g/mol. The number of ether oxygens (including phenoxy) is 1. The Hall–Kier alpha value is -2.17. The van der Waals surface area contributed by atoms with Crippen molar-refractivity contribution in [3.63, 3.8) is 0 Å². The van der Waals surface area contributed by atoms with Crippen molar-refractivity contribution in [2.45, 2.75) is 19.2 Å². The van der Waals surface area contributed by atoms with Crippen LogP contribution in [0.3, 0.4) is 0 Å². The highest BCUT2D eigenvalue weighted by Gasteiger charge is 2.32. The minimum absolute atomic E-state index is 0.138. The molecule has 1 unspecified atom stereocenters. The molecule has 24 heavy (non-hydrogen) atoms. The number of nitrogens with zero attached hydrogens (tertiary/aromatic N) is 2. The molecule has 1 saturated heterocycles. The van der Waals surface area contributed by atoms with Crippen molar-refractivity contribution in [1.82, 2.24) is 9.80 Å². The van der Waals surface area contributed by atoms with E-state index in [4.69, 9.17) is 4.74 Å². The SMILES string of the molecule is CN1CCN(Cc2ccccc2)C(C(=O)OCc2ccccc2)C1. The molecule has 1 fully saturated rings. The van der Waals surface area contributed by atoms with Crippen LogP contribution in [0, 0.1) is 0 Å². The lowest BCUT2D eigenvalue weighted by atomic mass is 10.1. The predicted octanol–water partition coefficient (Wildman–Crippen LogP) is 2.55. The smallest absolute Gasteiger partial charge is 0.325 e. The topological polar surface area (TPSA) is 32.8 Å². The summed E-state index contributed by atoms with van der Waals surface area (Å²) in [5.41, 5.74) is 2.24. The van der Waals surface area contributed by atoms with E-state index < -0.39 is 0 Å². The molecule has 0 spiro atoms. The zero-order chi connectivity index (χ0) is 16.8. The second-order valence-electron chi connectivity index (χ2n) is 6.33. The Kier molecular flexibility index (Phi) is 5.62. The highest BCUT2D eigenvalue weighted by molar-refractivity contribution is 5.76. The molecule has 2 aromatic carbocycles. The fraction of sp³-hybridized carbons (Fsp3) is 0.350. The minimum Gasteiger partial charge on any atom is -0.460 e. The maximum Gasteiger partial charge on any atom is 0.325 e. The van der Waals surface area contributed by atoms with Crippen LogP contribution >= 0.6 is 0 Å². The Morgan fingerprint density at radius 2 is 1.62 bits per heavy atom. The van der Waals surface area contributed by atoms with Crippen LogP contribution in [0.25, 0.3) is 0 Å². The van der Waals surface area contributed by atoms with E-state index in [1.54, 1.807) is 0 Å². The van der Waals surface area contributed by atoms with Gasteiger partial charge in [0.1, 0.15) is 12.6 Å². The van der Waals surface area contributed by atoms with Crippen LogP contribution in [0.2, 0.25) is 0 Å². The summed E-state index contributed by atoms with van der Waals surface area (Å²) in [6.07, 6.45) is 0. The van der Waals surface area contributed by atoms with E-state index >= 15 is 0 Å². The van der Waals surface area contributed by atoms with Gasteiger partial charge in [-0.1, -0.05) is 60.7 Å².